The number of rotatable bonds is 2. The summed E-state index contributed by atoms with van der Waals surface area (Å²) in [7, 11) is 0. The fraction of sp³-hybridized carbons (Fsp3) is 0.630. The number of halogens is 3. The van der Waals surface area contributed by atoms with Crippen molar-refractivity contribution >= 4 is 6.08 Å². The van der Waals surface area contributed by atoms with Gasteiger partial charge >= 0.3 is 6.36 Å². The minimum Gasteiger partial charge on any atom is -0.406 e. The van der Waals surface area contributed by atoms with Gasteiger partial charge < -0.3 is 14.9 Å². The van der Waals surface area contributed by atoms with Crippen molar-refractivity contribution in [2.24, 2.45) is 28.6 Å². The summed E-state index contributed by atoms with van der Waals surface area (Å²) < 4.78 is 41.3. The monoisotopic (exact) mass is 462 g/mol. The Kier molecular flexibility index (Phi) is 5.48. The van der Waals surface area contributed by atoms with Crippen molar-refractivity contribution in [2.75, 3.05) is 0 Å². The van der Waals surface area contributed by atoms with E-state index >= 15 is 0 Å². The zero-order chi connectivity index (χ0) is 23.6. The number of hydrogen-bond donors (Lipinski definition) is 2. The molecule has 4 aliphatic rings. The summed E-state index contributed by atoms with van der Waals surface area (Å²) in [5, 5.41) is 21.5. The van der Waals surface area contributed by atoms with Gasteiger partial charge in [-0.05, 0) is 91.4 Å². The lowest BCUT2D eigenvalue weighted by Crippen LogP contribution is -2.51. The Morgan fingerprint density at radius 2 is 1.73 bits per heavy atom. The molecule has 0 aliphatic heterocycles. The molecule has 4 aliphatic carbocycles. The minimum absolute atomic E-state index is 0.148. The molecule has 3 nitrogen and oxygen atoms in total. The first-order chi connectivity index (χ1) is 15.5. The first-order valence-electron chi connectivity index (χ1n) is 12.1. The first-order valence-corrected chi connectivity index (χ1v) is 12.1. The zero-order valence-electron chi connectivity index (χ0n) is 19.2. The summed E-state index contributed by atoms with van der Waals surface area (Å²) >= 11 is 0. The Balaban J connectivity index is 1.39. The van der Waals surface area contributed by atoms with Crippen LogP contribution >= 0.6 is 0 Å². The van der Waals surface area contributed by atoms with Gasteiger partial charge in [0.2, 0.25) is 0 Å². The van der Waals surface area contributed by atoms with E-state index in [4.69, 9.17) is 0 Å². The summed E-state index contributed by atoms with van der Waals surface area (Å²) in [6.07, 6.45) is 5.44. The van der Waals surface area contributed by atoms with Crippen LogP contribution in [0, 0.1) is 28.6 Å². The molecule has 33 heavy (non-hydrogen) atoms. The second-order valence-corrected chi connectivity index (χ2v) is 11.1. The molecular formula is C27H33F3O3. The number of allylic oxidation sites excluding steroid dienone is 1. The second kappa shape index (κ2) is 7.88. The fourth-order valence-electron chi connectivity index (χ4n) is 7.62. The molecule has 1 aromatic rings. The molecule has 0 radical (unpaired) electrons. The highest BCUT2D eigenvalue weighted by Gasteiger charge is 2.59. The maximum atomic E-state index is 12.4. The first kappa shape index (κ1) is 23.0. The van der Waals surface area contributed by atoms with Crippen LogP contribution in [0.1, 0.15) is 64.4 Å². The smallest absolute Gasteiger partial charge is 0.406 e. The van der Waals surface area contributed by atoms with E-state index in [2.05, 4.69) is 24.7 Å². The van der Waals surface area contributed by atoms with E-state index < -0.39 is 12.5 Å². The molecule has 0 aromatic heterocycles. The molecule has 0 saturated heterocycles. The number of aliphatic hydroxyl groups excluding tert-OH is 2. The third kappa shape index (κ3) is 3.93. The van der Waals surface area contributed by atoms with E-state index in [1.54, 1.807) is 12.1 Å². The van der Waals surface area contributed by atoms with Crippen molar-refractivity contribution in [3.63, 3.8) is 0 Å². The minimum atomic E-state index is -4.70. The topological polar surface area (TPSA) is 49.7 Å². The van der Waals surface area contributed by atoms with Gasteiger partial charge in [0.1, 0.15) is 5.75 Å². The van der Waals surface area contributed by atoms with Crippen LogP contribution in [0.25, 0.3) is 6.08 Å². The van der Waals surface area contributed by atoms with Gasteiger partial charge in [-0.15, -0.1) is 13.2 Å². The molecule has 0 bridgehead atoms. The molecule has 1 aromatic carbocycles. The Labute approximate surface area is 193 Å². The molecule has 180 valence electrons. The van der Waals surface area contributed by atoms with Crippen molar-refractivity contribution in [1.29, 1.82) is 0 Å². The van der Waals surface area contributed by atoms with Gasteiger partial charge in [-0.25, -0.2) is 0 Å². The molecule has 6 heteroatoms. The molecule has 2 N–H and O–H groups in total. The number of ether oxygens (including phenoxy) is 1. The fourth-order valence-corrected chi connectivity index (χ4v) is 7.62. The van der Waals surface area contributed by atoms with Gasteiger partial charge in [-0.3, -0.25) is 0 Å². The standard InChI is InChI=1S/C27H33F3O3/c1-25-11-9-19(31)15-18(25)5-8-21-22(25)10-12-26(2)23(21)14-17(24(26)32)13-16-3-6-20(7-4-16)33-27(28,29)30/h3-7,13,19,21-24,31-32H,8-12,14-15H2,1-2H3/b17-13+/t19-,21-,22+,23+,24+,25+,26+/m1/s1. The Bertz CT molecular complexity index is 966. The van der Waals surface area contributed by atoms with Gasteiger partial charge in [-0.2, -0.15) is 0 Å². The maximum absolute atomic E-state index is 12.4. The highest BCUT2D eigenvalue weighted by Crippen LogP contribution is 2.65. The van der Waals surface area contributed by atoms with Crippen molar-refractivity contribution in [1.82, 2.24) is 0 Å². The molecule has 0 heterocycles. The zero-order valence-corrected chi connectivity index (χ0v) is 19.2. The van der Waals surface area contributed by atoms with E-state index in [9.17, 15) is 23.4 Å². The van der Waals surface area contributed by atoms with Crippen molar-refractivity contribution in [3.05, 3.63) is 47.1 Å². The van der Waals surface area contributed by atoms with Crippen LogP contribution < -0.4 is 4.74 Å². The average Bonchev–Trinajstić information content (AvgIpc) is 2.99. The van der Waals surface area contributed by atoms with E-state index in [1.165, 1.54) is 17.7 Å². The lowest BCUT2D eigenvalue weighted by atomic mass is 9.48. The van der Waals surface area contributed by atoms with Gasteiger partial charge in [0, 0.05) is 5.41 Å². The predicted molar refractivity (Wildman–Crippen MR) is 120 cm³/mol. The van der Waals surface area contributed by atoms with Gasteiger partial charge in [-0.1, -0.05) is 43.7 Å². The Hall–Kier alpha value is -1.79. The highest BCUT2D eigenvalue weighted by molar-refractivity contribution is 5.56. The van der Waals surface area contributed by atoms with Crippen LogP contribution in [0.3, 0.4) is 0 Å². The molecule has 3 saturated carbocycles. The Morgan fingerprint density at radius 1 is 1.00 bits per heavy atom. The third-order valence-electron chi connectivity index (χ3n) is 9.41. The van der Waals surface area contributed by atoms with Crippen LogP contribution in [0.4, 0.5) is 13.2 Å². The number of hydrogen-bond acceptors (Lipinski definition) is 3. The number of benzene rings is 1. The third-order valence-corrected chi connectivity index (χ3v) is 9.41. The number of fused-ring (bicyclic) bond motifs is 5. The van der Waals surface area contributed by atoms with Crippen molar-refractivity contribution in [2.45, 2.75) is 77.4 Å². The Morgan fingerprint density at radius 3 is 2.42 bits per heavy atom. The van der Waals surface area contributed by atoms with Gasteiger partial charge in [0.15, 0.2) is 0 Å². The van der Waals surface area contributed by atoms with E-state index in [0.717, 1.165) is 56.1 Å². The molecule has 7 atom stereocenters. The SMILES string of the molecule is C[C@]12CC[C@H]3[C@@H](CC=C4C[C@H](O)CC[C@@]43C)[C@@H]1C/C(=C\c1ccc(OC(F)(F)F)cc1)[C@@H]2O. The molecular weight excluding hydrogens is 429 g/mol. The lowest BCUT2D eigenvalue weighted by Gasteiger charge is -2.57. The van der Waals surface area contributed by atoms with Crippen LogP contribution in [-0.4, -0.2) is 28.8 Å². The molecule has 3 fully saturated rings. The summed E-state index contributed by atoms with van der Waals surface area (Å²) in [4.78, 5) is 0. The summed E-state index contributed by atoms with van der Waals surface area (Å²) in [5.41, 5.74) is 3.15. The van der Waals surface area contributed by atoms with Crippen LogP contribution in [0.5, 0.6) is 5.75 Å². The van der Waals surface area contributed by atoms with E-state index in [0.29, 0.717) is 17.8 Å². The molecule has 0 spiro atoms. The van der Waals surface area contributed by atoms with Crippen LogP contribution in [0.2, 0.25) is 0 Å². The lowest BCUT2D eigenvalue weighted by molar-refractivity contribution is -0.274. The highest BCUT2D eigenvalue weighted by atomic mass is 19.4. The van der Waals surface area contributed by atoms with Crippen LogP contribution in [-0.2, 0) is 0 Å². The van der Waals surface area contributed by atoms with E-state index in [1.807, 2.05) is 6.08 Å². The van der Waals surface area contributed by atoms with Crippen molar-refractivity contribution in [3.8, 4) is 5.75 Å². The van der Waals surface area contributed by atoms with Crippen LogP contribution in [0.15, 0.2) is 41.5 Å². The van der Waals surface area contributed by atoms with E-state index in [-0.39, 0.29) is 22.7 Å². The van der Waals surface area contributed by atoms with Gasteiger partial charge in [0.05, 0.1) is 12.2 Å². The summed E-state index contributed by atoms with van der Waals surface area (Å²) in [5.74, 6) is 1.23. The normalized spacial score (nSPS) is 41.7. The summed E-state index contributed by atoms with van der Waals surface area (Å²) in [6.45, 7) is 4.60. The number of aliphatic hydroxyl groups is 2. The van der Waals surface area contributed by atoms with Gasteiger partial charge in [0.25, 0.3) is 0 Å². The average molecular weight is 463 g/mol. The molecule has 0 amide bonds. The molecule has 5 rings (SSSR count). The largest absolute Gasteiger partial charge is 0.573 e. The maximum Gasteiger partial charge on any atom is 0.573 e. The predicted octanol–water partition coefficient (Wildman–Crippen LogP) is 6.26. The quantitative estimate of drug-likeness (QED) is 0.510. The number of alkyl halides is 3. The second-order valence-electron chi connectivity index (χ2n) is 11.1. The van der Waals surface area contributed by atoms with Crippen molar-refractivity contribution < 1.29 is 28.1 Å². The molecule has 0 unspecified atom stereocenters. The summed E-state index contributed by atoms with van der Waals surface area (Å²) in [6, 6.07) is 5.85.